The van der Waals surface area contributed by atoms with E-state index in [9.17, 15) is 9.90 Å². The zero-order valence-electron chi connectivity index (χ0n) is 10.3. The molecule has 1 heterocycles. The summed E-state index contributed by atoms with van der Waals surface area (Å²) >= 11 is 6.17. The van der Waals surface area contributed by atoms with Crippen LogP contribution in [0.25, 0.3) is 0 Å². The molecule has 1 atom stereocenters. The van der Waals surface area contributed by atoms with Gasteiger partial charge in [0.15, 0.2) is 0 Å². The van der Waals surface area contributed by atoms with Gasteiger partial charge in [0, 0.05) is 18.8 Å². The summed E-state index contributed by atoms with van der Waals surface area (Å²) in [5, 5.41) is 9.69. The fraction of sp³-hybridized carbons (Fsp3) is 0.462. The largest absolute Gasteiger partial charge is 0.478 e. The molecule has 1 aliphatic heterocycles. The van der Waals surface area contributed by atoms with Gasteiger partial charge < -0.3 is 15.7 Å². The number of rotatable bonds is 2. The maximum absolute atomic E-state index is 11.3. The van der Waals surface area contributed by atoms with Crippen molar-refractivity contribution in [3.8, 4) is 0 Å². The van der Waals surface area contributed by atoms with Gasteiger partial charge >= 0.3 is 5.97 Å². The second kappa shape index (κ2) is 5.06. The van der Waals surface area contributed by atoms with Crippen LogP contribution in [0.4, 0.5) is 11.4 Å². The average Bonchev–Trinajstić information content (AvgIpc) is 2.27. The van der Waals surface area contributed by atoms with E-state index in [1.807, 2.05) is 0 Å². The predicted molar refractivity (Wildman–Crippen MR) is 73.4 cm³/mol. The Morgan fingerprint density at radius 1 is 1.56 bits per heavy atom. The highest BCUT2D eigenvalue weighted by Gasteiger charge is 2.24. The third-order valence-corrected chi connectivity index (χ3v) is 3.58. The van der Waals surface area contributed by atoms with Gasteiger partial charge in [0.1, 0.15) is 0 Å². The Morgan fingerprint density at radius 3 is 2.89 bits per heavy atom. The highest BCUT2D eigenvalue weighted by atomic mass is 35.5. The molecule has 0 radical (unpaired) electrons. The van der Waals surface area contributed by atoms with Crippen molar-refractivity contribution in [2.45, 2.75) is 19.8 Å². The van der Waals surface area contributed by atoms with Gasteiger partial charge in [0.25, 0.3) is 0 Å². The zero-order valence-corrected chi connectivity index (χ0v) is 11.1. The van der Waals surface area contributed by atoms with E-state index in [0.717, 1.165) is 19.5 Å². The summed E-state index contributed by atoms with van der Waals surface area (Å²) in [6.07, 6.45) is 2.23. The van der Waals surface area contributed by atoms with Crippen molar-refractivity contribution in [2.75, 3.05) is 23.7 Å². The quantitative estimate of drug-likeness (QED) is 0.810. The van der Waals surface area contributed by atoms with Crippen LogP contribution in [0.15, 0.2) is 12.1 Å². The monoisotopic (exact) mass is 268 g/mol. The number of carboxylic acids is 1. The van der Waals surface area contributed by atoms with Crippen LogP contribution in [0.2, 0.25) is 5.02 Å². The molecule has 4 nitrogen and oxygen atoms in total. The Balaban J connectivity index is 2.45. The molecule has 1 aromatic rings. The van der Waals surface area contributed by atoms with Crippen LogP contribution in [0.1, 0.15) is 30.1 Å². The van der Waals surface area contributed by atoms with Crippen LogP contribution in [-0.2, 0) is 0 Å². The number of nitrogens with zero attached hydrogens (tertiary/aromatic N) is 1. The van der Waals surface area contributed by atoms with Gasteiger partial charge in [-0.2, -0.15) is 0 Å². The van der Waals surface area contributed by atoms with Gasteiger partial charge in [-0.25, -0.2) is 4.79 Å². The summed E-state index contributed by atoms with van der Waals surface area (Å²) in [6.45, 7) is 3.84. The molecule has 1 aromatic carbocycles. The molecule has 1 saturated heterocycles. The minimum Gasteiger partial charge on any atom is -0.478 e. The first-order valence-corrected chi connectivity index (χ1v) is 6.44. The maximum atomic E-state index is 11.3. The van der Waals surface area contributed by atoms with E-state index in [4.69, 9.17) is 17.3 Å². The summed E-state index contributed by atoms with van der Waals surface area (Å²) < 4.78 is 0. The first kappa shape index (κ1) is 13.0. The first-order chi connectivity index (χ1) is 8.49. The van der Waals surface area contributed by atoms with Gasteiger partial charge in [0.05, 0.1) is 16.3 Å². The highest BCUT2D eigenvalue weighted by molar-refractivity contribution is 6.34. The van der Waals surface area contributed by atoms with Crippen molar-refractivity contribution in [1.29, 1.82) is 0 Å². The molecule has 3 N–H and O–H groups in total. The third kappa shape index (κ3) is 2.53. The molecule has 1 fully saturated rings. The van der Waals surface area contributed by atoms with Gasteiger partial charge in [-0.05, 0) is 30.9 Å². The standard InChI is InChI=1S/C13H17ClN2O2/c1-8-3-2-4-16(7-8)12-10(13(17)18)5-9(15)6-11(12)14/h5-6,8H,2-4,7,15H2,1H3,(H,17,18). The summed E-state index contributed by atoms with van der Waals surface area (Å²) in [5.74, 6) is -0.438. The number of aromatic carboxylic acids is 1. The molecule has 0 aliphatic carbocycles. The molecular formula is C13H17ClN2O2. The number of nitrogen functional groups attached to an aromatic ring is 1. The molecule has 98 valence electrons. The number of hydrogen-bond acceptors (Lipinski definition) is 3. The summed E-state index contributed by atoms with van der Waals surface area (Å²) in [5.41, 5.74) is 6.83. The van der Waals surface area contributed by atoms with E-state index in [-0.39, 0.29) is 5.56 Å². The minimum absolute atomic E-state index is 0.189. The molecule has 5 heteroatoms. The predicted octanol–water partition coefficient (Wildman–Crippen LogP) is 2.86. The number of piperidine rings is 1. The molecule has 0 amide bonds. The van der Waals surface area contributed by atoms with E-state index >= 15 is 0 Å². The van der Waals surface area contributed by atoms with Crippen LogP contribution in [0, 0.1) is 5.92 Å². The van der Waals surface area contributed by atoms with Crippen molar-refractivity contribution in [1.82, 2.24) is 0 Å². The molecule has 18 heavy (non-hydrogen) atoms. The topological polar surface area (TPSA) is 66.6 Å². The molecule has 1 aliphatic rings. The normalized spacial score (nSPS) is 19.9. The van der Waals surface area contributed by atoms with Crippen LogP contribution in [0.3, 0.4) is 0 Å². The molecule has 0 aromatic heterocycles. The highest BCUT2D eigenvalue weighted by Crippen LogP contribution is 2.35. The average molecular weight is 269 g/mol. The van der Waals surface area contributed by atoms with Gasteiger partial charge in [0.2, 0.25) is 0 Å². The van der Waals surface area contributed by atoms with Gasteiger partial charge in [-0.3, -0.25) is 0 Å². The Labute approximate surface area is 111 Å². The van der Waals surface area contributed by atoms with Crippen molar-refractivity contribution in [2.24, 2.45) is 5.92 Å². The summed E-state index contributed by atoms with van der Waals surface area (Å²) in [7, 11) is 0. The lowest BCUT2D eigenvalue weighted by atomic mass is 9.98. The lowest BCUT2D eigenvalue weighted by Crippen LogP contribution is -2.35. The van der Waals surface area contributed by atoms with E-state index in [1.165, 1.54) is 12.5 Å². The number of halogens is 1. The van der Waals surface area contributed by atoms with E-state index in [2.05, 4.69) is 11.8 Å². The van der Waals surface area contributed by atoms with Crippen molar-refractivity contribution >= 4 is 28.9 Å². The molecule has 0 saturated carbocycles. The van der Waals surface area contributed by atoms with E-state index < -0.39 is 5.97 Å². The number of nitrogens with two attached hydrogens (primary N) is 1. The lowest BCUT2D eigenvalue weighted by molar-refractivity contribution is 0.0697. The van der Waals surface area contributed by atoms with Crippen LogP contribution < -0.4 is 10.6 Å². The van der Waals surface area contributed by atoms with Crippen LogP contribution in [0.5, 0.6) is 0 Å². The molecule has 0 spiro atoms. The Morgan fingerprint density at radius 2 is 2.28 bits per heavy atom. The molecule has 0 bridgehead atoms. The number of hydrogen-bond donors (Lipinski definition) is 2. The third-order valence-electron chi connectivity index (χ3n) is 3.29. The second-order valence-corrected chi connectivity index (χ2v) is 5.30. The molecule has 1 unspecified atom stereocenters. The lowest BCUT2D eigenvalue weighted by Gasteiger charge is -2.34. The Hall–Kier alpha value is -1.42. The molecule has 2 rings (SSSR count). The smallest absolute Gasteiger partial charge is 0.337 e. The minimum atomic E-state index is -0.988. The number of carboxylic acid groups (broad SMARTS) is 1. The van der Waals surface area contributed by atoms with Crippen molar-refractivity contribution in [3.05, 3.63) is 22.7 Å². The second-order valence-electron chi connectivity index (χ2n) is 4.90. The Bertz CT molecular complexity index is 476. The van der Waals surface area contributed by atoms with Crippen LogP contribution in [-0.4, -0.2) is 24.2 Å². The maximum Gasteiger partial charge on any atom is 0.337 e. The number of benzene rings is 1. The fourth-order valence-electron chi connectivity index (χ4n) is 2.50. The fourth-order valence-corrected chi connectivity index (χ4v) is 2.84. The SMILES string of the molecule is CC1CCCN(c2c(Cl)cc(N)cc2C(=O)O)C1. The van der Waals surface area contributed by atoms with Crippen LogP contribution >= 0.6 is 11.6 Å². The van der Waals surface area contributed by atoms with E-state index in [1.54, 1.807) is 6.07 Å². The summed E-state index contributed by atoms with van der Waals surface area (Å²) in [6, 6.07) is 3.09. The van der Waals surface area contributed by atoms with E-state index in [0.29, 0.717) is 22.3 Å². The molecular weight excluding hydrogens is 252 g/mol. The zero-order chi connectivity index (χ0) is 13.3. The number of carbonyl (C=O) groups is 1. The van der Waals surface area contributed by atoms with Gasteiger partial charge in [-0.15, -0.1) is 0 Å². The summed E-state index contributed by atoms with van der Waals surface area (Å²) in [4.78, 5) is 13.4. The first-order valence-electron chi connectivity index (χ1n) is 6.06. The van der Waals surface area contributed by atoms with Crippen molar-refractivity contribution < 1.29 is 9.90 Å². The Kier molecular flexibility index (Phi) is 3.66. The van der Waals surface area contributed by atoms with Crippen molar-refractivity contribution in [3.63, 3.8) is 0 Å². The number of anilines is 2. The van der Waals surface area contributed by atoms with Gasteiger partial charge in [-0.1, -0.05) is 18.5 Å².